The Labute approximate surface area is 122 Å². The van der Waals surface area contributed by atoms with E-state index in [1.165, 1.54) is 0 Å². The highest BCUT2D eigenvalue weighted by atomic mass is 16.5. The molecule has 3 aliphatic rings. The van der Waals surface area contributed by atoms with E-state index in [2.05, 4.69) is 10.6 Å². The molecule has 2 atom stereocenters. The SMILES string of the molecule is CC1(C(=O)N2CCC3(CC2)NC(=O)NC3=O)COCC1N. The summed E-state index contributed by atoms with van der Waals surface area (Å²) < 4.78 is 5.32. The predicted octanol–water partition coefficient (Wildman–Crippen LogP) is -1.45. The number of likely N-dealkylation sites (tertiary alicyclic amines) is 1. The third-order valence-electron chi connectivity index (χ3n) is 4.92. The van der Waals surface area contributed by atoms with Crippen LogP contribution in [0, 0.1) is 5.41 Å². The minimum absolute atomic E-state index is 0.0351. The standard InChI is InChI=1S/C13H20N4O4/c1-12(7-21-6-8(12)14)10(19)17-4-2-13(3-5-17)9(18)15-11(20)16-13/h8H,2-7,14H2,1H3,(H2,15,16,18,20). The minimum atomic E-state index is -0.858. The molecule has 0 aromatic rings. The number of hydrogen-bond donors (Lipinski definition) is 3. The Hall–Kier alpha value is -1.67. The fraction of sp³-hybridized carbons (Fsp3) is 0.769. The molecule has 3 saturated heterocycles. The molecule has 0 saturated carbocycles. The van der Waals surface area contributed by atoms with E-state index >= 15 is 0 Å². The van der Waals surface area contributed by atoms with E-state index in [4.69, 9.17) is 10.5 Å². The lowest BCUT2D eigenvalue weighted by atomic mass is 9.82. The first-order chi connectivity index (χ1) is 9.87. The molecule has 0 aromatic carbocycles. The Bertz CT molecular complexity index is 500. The summed E-state index contributed by atoms with van der Waals surface area (Å²) in [6, 6.07) is -0.770. The van der Waals surface area contributed by atoms with Crippen LogP contribution >= 0.6 is 0 Å². The Morgan fingerprint density at radius 1 is 1.38 bits per heavy atom. The molecule has 1 spiro atoms. The molecule has 0 bridgehead atoms. The van der Waals surface area contributed by atoms with Crippen LogP contribution in [-0.2, 0) is 14.3 Å². The van der Waals surface area contributed by atoms with Gasteiger partial charge in [0.2, 0.25) is 5.91 Å². The van der Waals surface area contributed by atoms with Crippen LogP contribution in [0.5, 0.6) is 0 Å². The van der Waals surface area contributed by atoms with Crippen LogP contribution in [0.3, 0.4) is 0 Å². The van der Waals surface area contributed by atoms with Crippen molar-refractivity contribution in [3.8, 4) is 0 Å². The van der Waals surface area contributed by atoms with Crippen LogP contribution < -0.4 is 16.4 Å². The van der Waals surface area contributed by atoms with Gasteiger partial charge in [-0.3, -0.25) is 14.9 Å². The minimum Gasteiger partial charge on any atom is -0.379 e. The molecule has 21 heavy (non-hydrogen) atoms. The van der Waals surface area contributed by atoms with Gasteiger partial charge in [-0.1, -0.05) is 0 Å². The van der Waals surface area contributed by atoms with Crippen molar-refractivity contribution < 1.29 is 19.1 Å². The largest absolute Gasteiger partial charge is 0.379 e. The van der Waals surface area contributed by atoms with Crippen molar-refractivity contribution in [3.05, 3.63) is 0 Å². The second kappa shape index (κ2) is 4.67. The van der Waals surface area contributed by atoms with Crippen molar-refractivity contribution >= 4 is 17.8 Å². The molecule has 3 aliphatic heterocycles. The molecule has 8 nitrogen and oxygen atoms in total. The van der Waals surface area contributed by atoms with Crippen molar-refractivity contribution in [1.82, 2.24) is 15.5 Å². The molecule has 8 heteroatoms. The summed E-state index contributed by atoms with van der Waals surface area (Å²) in [5, 5.41) is 4.94. The van der Waals surface area contributed by atoms with Crippen LogP contribution in [-0.4, -0.2) is 60.6 Å². The third kappa shape index (κ3) is 2.09. The number of urea groups is 1. The van der Waals surface area contributed by atoms with Crippen LogP contribution in [0.2, 0.25) is 0 Å². The summed E-state index contributed by atoms with van der Waals surface area (Å²) in [4.78, 5) is 37.5. The van der Waals surface area contributed by atoms with Crippen molar-refractivity contribution in [1.29, 1.82) is 0 Å². The van der Waals surface area contributed by atoms with Crippen molar-refractivity contribution in [2.24, 2.45) is 11.1 Å². The topological polar surface area (TPSA) is 114 Å². The number of nitrogens with zero attached hydrogens (tertiary/aromatic N) is 1. The van der Waals surface area contributed by atoms with E-state index in [0.717, 1.165) is 0 Å². The van der Waals surface area contributed by atoms with Gasteiger partial charge in [-0.15, -0.1) is 0 Å². The Morgan fingerprint density at radius 2 is 2.05 bits per heavy atom. The molecule has 2 unspecified atom stereocenters. The van der Waals surface area contributed by atoms with Gasteiger partial charge in [0.15, 0.2) is 0 Å². The maximum absolute atomic E-state index is 12.7. The first kappa shape index (κ1) is 14.3. The van der Waals surface area contributed by atoms with Gasteiger partial charge >= 0.3 is 6.03 Å². The first-order valence-electron chi connectivity index (χ1n) is 7.14. The molecule has 4 N–H and O–H groups in total. The summed E-state index contributed by atoms with van der Waals surface area (Å²) in [6.07, 6.45) is 0.838. The number of amides is 4. The normalized spacial score (nSPS) is 35.0. The molecule has 4 amide bonds. The summed E-state index contributed by atoms with van der Waals surface area (Å²) in [5.74, 6) is -0.334. The van der Waals surface area contributed by atoms with Gasteiger partial charge in [0, 0.05) is 19.1 Å². The molecule has 0 radical (unpaired) electrons. The van der Waals surface area contributed by atoms with E-state index in [1.807, 2.05) is 6.92 Å². The second-order valence-electron chi connectivity index (χ2n) is 6.32. The van der Waals surface area contributed by atoms with Gasteiger partial charge in [0.1, 0.15) is 5.54 Å². The zero-order valence-electron chi connectivity index (χ0n) is 12.0. The number of nitrogens with one attached hydrogen (secondary N) is 2. The van der Waals surface area contributed by atoms with Gasteiger partial charge < -0.3 is 20.7 Å². The highest BCUT2D eigenvalue weighted by Gasteiger charge is 2.51. The number of ether oxygens (including phenoxy) is 1. The number of carbonyl (C=O) groups is 3. The maximum Gasteiger partial charge on any atom is 0.322 e. The zero-order chi connectivity index (χ0) is 15.3. The molecular weight excluding hydrogens is 276 g/mol. The molecule has 116 valence electrons. The predicted molar refractivity (Wildman–Crippen MR) is 72.1 cm³/mol. The fourth-order valence-electron chi connectivity index (χ4n) is 3.24. The number of hydrogen-bond acceptors (Lipinski definition) is 5. The van der Waals surface area contributed by atoms with E-state index < -0.39 is 17.0 Å². The summed E-state index contributed by atoms with van der Waals surface area (Å²) in [7, 11) is 0. The summed E-state index contributed by atoms with van der Waals surface area (Å²) >= 11 is 0. The van der Waals surface area contributed by atoms with Crippen molar-refractivity contribution in [2.45, 2.75) is 31.3 Å². The lowest BCUT2D eigenvalue weighted by Gasteiger charge is -2.40. The molecule has 0 aromatic heterocycles. The maximum atomic E-state index is 12.7. The van der Waals surface area contributed by atoms with E-state index in [1.54, 1.807) is 4.90 Å². The van der Waals surface area contributed by atoms with E-state index in [9.17, 15) is 14.4 Å². The lowest BCUT2D eigenvalue weighted by molar-refractivity contribution is -0.145. The van der Waals surface area contributed by atoms with E-state index in [-0.39, 0.29) is 17.9 Å². The average molecular weight is 296 g/mol. The number of nitrogens with two attached hydrogens (primary N) is 1. The number of carbonyl (C=O) groups excluding carboxylic acids is 3. The Balaban J connectivity index is 1.68. The van der Waals surface area contributed by atoms with Crippen molar-refractivity contribution in [2.75, 3.05) is 26.3 Å². The van der Waals surface area contributed by atoms with Crippen LogP contribution in [0.15, 0.2) is 0 Å². The number of imide groups is 1. The molecule has 3 heterocycles. The second-order valence-corrected chi connectivity index (χ2v) is 6.32. The van der Waals surface area contributed by atoms with Crippen molar-refractivity contribution in [3.63, 3.8) is 0 Å². The van der Waals surface area contributed by atoms with Crippen LogP contribution in [0.4, 0.5) is 4.79 Å². The highest BCUT2D eigenvalue weighted by molar-refractivity contribution is 6.07. The fourth-order valence-corrected chi connectivity index (χ4v) is 3.24. The zero-order valence-corrected chi connectivity index (χ0v) is 12.0. The monoisotopic (exact) mass is 296 g/mol. The summed E-state index contributed by atoms with van der Waals surface area (Å²) in [5.41, 5.74) is 4.42. The smallest absolute Gasteiger partial charge is 0.322 e. The third-order valence-corrected chi connectivity index (χ3v) is 4.92. The highest BCUT2D eigenvalue weighted by Crippen LogP contribution is 2.32. The lowest BCUT2D eigenvalue weighted by Crippen LogP contribution is -2.59. The van der Waals surface area contributed by atoms with Gasteiger partial charge in [-0.2, -0.15) is 0 Å². The molecule has 0 aliphatic carbocycles. The molecular formula is C13H20N4O4. The van der Waals surface area contributed by atoms with Crippen LogP contribution in [0.25, 0.3) is 0 Å². The Morgan fingerprint density at radius 3 is 2.52 bits per heavy atom. The Kier molecular flexibility index (Phi) is 3.18. The quantitative estimate of drug-likeness (QED) is 0.512. The van der Waals surface area contributed by atoms with Gasteiger partial charge in [0.25, 0.3) is 5.91 Å². The molecule has 3 rings (SSSR count). The number of piperidine rings is 1. The number of rotatable bonds is 1. The summed E-state index contributed by atoms with van der Waals surface area (Å²) in [6.45, 7) is 3.38. The van der Waals surface area contributed by atoms with Gasteiger partial charge in [-0.25, -0.2) is 4.79 Å². The van der Waals surface area contributed by atoms with E-state index in [0.29, 0.717) is 39.1 Å². The van der Waals surface area contributed by atoms with Gasteiger partial charge in [0.05, 0.1) is 18.6 Å². The van der Waals surface area contributed by atoms with Gasteiger partial charge in [-0.05, 0) is 19.8 Å². The average Bonchev–Trinajstić information content (AvgIpc) is 2.92. The molecule has 3 fully saturated rings. The van der Waals surface area contributed by atoms with Crippen LogP contribution in [0.1, 0.15) is 19.8 Å². The first-order valence-corrected chi connectivity index (χ1v) is 7.14.